The van der Waals surface area contributed by atoms with Crippen molar-refractivity contribution in [3.05, 3.63) is 36.0 Å². The third kappa shape index (κ3) is 3.64. The van der Waals surface area contributed by atoms with Crippen LogP contribution in [0.25, 0.3) is 10.9 Å². The highest BCUT2D eigenvalue weighted by atomic mass is 19.4. The SMILES string of the molecule is CC(O)CCN(C)c1ccnc2cc(C(F)(F)F)ccc12. The summed E-state index contributed by atoms with van der Waals surface area (Å²) in [5.41, 5.74) is 0.409. The Morgan fingerprint density at radius 2 is 2.00 bits per heavy atom. The van der Waals surface area contributed by atoms with Crippen molar-refractivity contribution in [1.82, 2.24) is 4.98 Å². The van der Waals surface area contributed by atoms with E-state index in [9.17, 15) is 18.3 Å². The van der Waals surface area contributed by atoms with E-state index in [1.165, 1.54) is 12.3 Å². The summed E-state index contributed by atoms with van der Waals surface area (Å²) in [4.78, 5) is 5.92. The predicted octanol–water partition coefficient (Wildman–Crippen LogP) is 3.46. The van der Waals surface area contributed by atoms with Gasteiger partial charge < -0.3 is 10.0 Å². The smallest absolute Gasteiger partial charge is 0.393 e. The zero-order chi connectivity index (χ0) is 15.6. The molecule has 1 aromatic heterocycles. The minimum absolute atomic E-state index is 0.311. The molecule has 1 heterocycles. The van der Waals surface area contributed by atoms with Gasteiger partial charge in [-0.2, -0.15) is 13.2 Å². The number of hydrogen-bond donors (Lipinski definition) is 1. The molecule has 2 aromatic rings. The molecule has 2 rings (SSSR count). The van der Waals surface area contributed by atoms with Crippen LogP contribution in [0.15, 0.2) is 30.5 Å². The van der Waals surface area contributed by atoms with Crippen LogP contribution in [0.2, 0.25) is 0 Å². The van der Waals surface area contributed by atoms with Gasteiger partial charge in [0.05, 0.1) is 17.2 Å². The monoisotopic (exact) mass is 298 g/mol. The molecule has 114 valence electrons. The van der Waals surface area contributed by atoms with Gasteiger partial charge in [-0.25, -0.2) is 0 Å². The van der Waals surface area contributed by atoms with Crippen LogP contribution >= 0.6 is 0 Å². The summed E-state index contributed by atoms with van der Waals surface area (Å²) in [7, 11) is 1.84. The molecule has 3 nitrogen and oxygen atoms in total. The van der Waals surface area contributed by atoms with Crippen molar-refractivity contribution in [2.75, 3.05) is 18.5 Å². The van der Waals surface area contributed by atoms with Gasteiger partial charge >= 0.3 is 6.18 Å². The van der Waals surface area contributed by atoms with Crippen molar-refractivity contribution < 1.29 is 18.3 Å². The standard InChI is InChI=1S/C15H17F3N2O/c1-10(21)6-8-20(2)14-5-7-19-13-9-11(15(16,17)18)3-4-12(13)14/h3-5,7,9-10,21H,6,8H2,1-2H3. The van der Waals surface area contributed by atoms with E-state index in [2.05, 4.69) is 4.98 Å². The zero-order valence-electron chi connectivity index (χ0n) is 11.9. The molecule has 0 aliphatic rings. The van der Waals surface area contributed by atoms with Gasteiger partial charge in [-0.3, -0.25) is 4.98 Å². The summed E-state index contributed by atoms with van der Waals surface area (Å²) in [6.07, 6.45) is -2.71. The van der Waals surface area contributed by atoms with Gasteiger partial charge in [0.1, 0.15) is 0 Å². The van der Waals surface area contributed by atoms with E-state index < -0.39 is 17.8 Å². The topological polar surface area (TPSA) is 36.4 Å². The largest absolute Gasteiger partial charge is 0.416 e. The third-order valence-electron chi connectivity index (χ3n) is 3.34. The van der Waals surface area contributed by atoms with Gasteiger partial charge in [0.25, 0.3) is 0 Å². The van der Waals surface area contributed by atoms with E-state index in [0.717, 1.165) is 17.8 Å². The number of alkyl halides is 3. The van der Waals surface area contributed by atoms with E-state index in [0.29, 0.717) is 23.9 Å². The number of fused-ring (bicyclic) bond motifs is 1. The first-order chi connectivity index (χ1) is 9.79. The van der Waals surface area contributed by atoms with Crippen molar-refractivity contribution in [3.63, 3.8) is 0 Å². The number of rotatable bonds is 4. The molecule has 0 saturated heterocycles. The molecule has 6 heteroatoms. The molecule has 1 atom stereocenters. The van der Waals surface area contributed by atoms with Gasteiger partial charge in [0.2, 0.25) is 0 Å². The van der Waals surface area contributed by atoms with Crippen molar-refractivity contribution in [1.29, 1.82) is 0 Å². The van der Waals surface area contributed by atoms with Crippen LogP contribution in [0.4, 0.5) is 18.9 Å². The molecular weight excluding hydrogens is 281 g/mol. The van der Waals surface area contributed by atoms with Crippen LogP contribution < -0.4 is 4.90 Å². The number of pyridine rings is 1. The fourth-order valence-electron chi connectivity index (χ4n) is 2.14. The molecule has 0 spiro atoms. The summed E-state index contributed by atoms with van der Waals surface area (Å²) in [6, 6.07) is 5.33. The van der Waals surface area contributed by atoms with E-state index in [1.807, 2.05) is 11.9 Å². The second-order valence-electron chi connectivity index (χ2n) is 5.12. The van der Waals surface area contributed by atoms with E-state index in [1.54, 1.807) is 13.0 Å². The maximum Gasteiger partial charge on any atom is 0.416 e. The first-order valence-corrected chi connectivity index (χ1v) is 6.64. The molecule has 0 aliphatic carbocycles. The van der Waals surface area contributed by atoms with Gasteiger partial charge in [-0.1, -0.05) is 6.07 Å². The van der Waals surface area contributed by atoms with E-state index in [4.69, 9.17) is 0 Å². The van der Waals surface area contributed by atoms with Crippen LogP contribution in [0, 0.1) is 0 Å². The number of aliphatic hydroxyl groups is 1. The number of nitrogens with zero attached hydrogens (tertiary/aromatic N) is 2. The first kappa shape index (κ1) is 15.6. The minimum Gasteiger partial charge on any atom is -0.393 e. The Balaban J connectivity index is 2.38. The summed E-state index contributed by atoms with van der Waals surface area (Å²) in [5.74, 6) is 0. The second kappa shape index (κ2) is 5.89. The molecule has 0 amide bonds. The Hall–Kier alpha value is -1.82. The summed E-state index contributed by atoms with van der Waals surface area (Å²) < 4.78 is 38.2. The number of hydrogen-bond acceptors (Lipinski definition) is 3. The molecule has 0 saturated carbocycles. The van der Waals surface area contributed by atoms with Gasteiger partial charge in [-0.05, 0) is 31.5 Å². The molecule has 1 unspecified atom stereocenters. The van der Waals surface area contributed by atoms with E-state index in [-0.39, 0.29) is 0 Å². The average molecular weight is 298 g/mol. The molecule has 21 heavy (non-hydrogen) atoms. The van der Waals surface area contributed by atoms with Crippen LogP contribution in [-0.4, -0.2) is 29.8 Å². The Kier molecular flexibility index (Phi) is 4.37. The molecule has 0 aliphatic heterocycles. The molecular formula is C15H17F3N2O. The van der Waals surface area contributed by atoms with Crippen LogP contribution in [0.5, 0.6) is 0 Å². The van der Waals surface area contributed by atoms with Crippen LogP contribution in [0.3, 0.4) is 0 Å². The lowest BCUT2D eigenvalue weighted by molar-refractivity contribution is -0.137. The van der Waals surface area contributed by atoms with E-state index >= 15 is 0 Å². The van der Waals surface area contributed by atoms with Gasteiger partial charge in [-0.15, -0.1) is 0 Å². The quantitative estimate of drug-likeness (QED) is 0.939. The normalized spacial score (nSPS) is 13.4. The fraction of sp³-hybridized carbons (Fsp3) is 0.400. The molecule has 0 radical (unpaired) electrons. The van der Waals surface area contributed by atoms with Crippen LogP contribution in [-0.2, 0) is 6.18 Å². The molecule has 0 fully saturated rings. The molecule has 1 N–H and O–H groups in total. The number of benzene rings is 1. The first-order valence-electron chi connectivity index (χ1n) is 6.64. The van der Waals surface area contributed by atoms with Crippen molar-refractivity contribution in [2.24, 2.45) is 0 Å². The summed E-state index contributed by atoms with van der Waals surface area (Å²) in [5, 5.41) is 9.99. The van der Waals surface area contributed by atoms with Gasteiger partial charge in [0, 0.05) is 30.9 Å². The lowest BCUT2D eigenvalue weighted by Crippen LogP contribution is -2.22. The maximum absolute atomic E-state index is 12.7. The Labute approximate surface area is 121 Å². The minimum atomic E-state index is -4.37. The Bertz CT molecular complexity index is 626. The van der Waals surface area contributed by atoms with Crippen LogP contribution in [0.1, 0.15) is 18.9 Å². The summed E-state index contributed by atoms with van der Waals surface area (Å²) in [6.45, 7) is 2.31. The predicted molar refractivity (Wildman–Crippen MR) is 76.3 cm³/mol. The lowest BCUT2D eigenvalue weighted by Gasteiger charge is -2.22. The second-order valence-corrected chi connectivity index (χ2v) is 5.12. The third-order valence-corrected chi connectivity index (χ3v) is 3.34. The summed E-state index contributed by atoms with van der Waals surface area (Å²) >= 11 is 0. The van der Waals surface area contributed by atoms with Crippen molar-refractivity contribution in [2.45, 2.75) is 25.6 Å². The number of anilines is 1. The highest BCUT2D eigenvalue weighted by molar-refractivity contribution is 5.91. The zero-order valence-corrected chi connectivity index (χ0v) is 11.9. The lowest BCUT2D eigenvalue weighted by atomic mass is 10.1. The van der Waals surface area contributed by atoms with Gasteiger partial charge in [0.15, 0.2) is 0 Å². The highest BCUT2D eigenvalue weighted by Gasteiger charge is 2.30. The maximum atomic E-state index is 12.7. The molecule has 1 aromatic carbocycles. The number of halogens is 3. The Morgan fingerprint density at radius 1 is 1.29 bits per heavy atom. The molecule has 0 bridgehead atoms. The Morgan fingerprint density at radius 3 is 2.62 bits per heavy atom. The number of aliphatic hydroxyl groups excluding tert-OH is 1. The highest BCUT2D eigenvalue weighted by Crippen LogP contribution is 2.33. The number of aromatic nitrogens is 1. The van der Waals surface area contributed by atoms with Crippen molar-refractivity contribution in [3.8, 4) is 0 Å². The average Bonchev–Trinajstić information content (AvgIpc) is 2.42. The fourth-order valence-corrected chi connectivity index (χ4v) is 2.14. The van der Waals surface area contributed by atoms with Crippen molar-refractivity contribution >= 4 is 16.6 Å².